The van der Waals surface area contributed by atoms with Crippen LogP contribution in [0.2, 0.25) is 0 Å². The van der Waals surface area contributed by atoms with Gasteiger partial charge >= 0.3 is 0 Å². The first-order valence-corrected chi connectivity index (χ1v) is 6.26. The summed E-state index contributed by atoms with van der Waals surface area (Å²) in [5, 5.41) is 29.9. The number of nitrogens with one attached hydrogen (secondary N) is 1. The van der Waals surface area contributed by atoms with Crippen LogP contribution in [0.4, 0.5) is 5.69 Å². The lowest BCUT2D eigenvalue weighted by Gasteiger charge is -2.06. The summed E-state index contributed by atoms with van der Waals surface area (Å²) in [6.07, 6.45) is 1.93. The molecule has 1 aliphatic rings. The molecule has 0 bridgehead atoms. The van der Waals surface area contributed by atoms with E-state index in [1.165, 1.54) is 0 Å². The molecule has 2 rings (SSSR count). The predicted molar refractivity (Wildman–Crippen MR) is 72.4 cm³/mol. The van der Waals surface area contributed by atoms with E-state index in [9.17, 15) is 9.90 Å². The Kier molecular flexibility index (Phi) is 4.02. The molecule has 0 unspecified atom stereocenters. The fourth-order valence-electron chi connectivity index (χ4n) is 1.78. The van der Waals surface area contributed by atoms with Crippen molar-refractivity contribution >= 4 is 11.6 Å². The summed E-state index contributed by atoms with van der Waals surface area (Å²) in [7, 11) is 0. The number of aliphatic hydroxyl groups excluding tert-OH is 1. The van der Waals surface area contributed by atoms with E-state index < -0.39 is 5.91 Å². The highest BCUT2D eigenvalue weighted by Crippen LogP contribution is 2.36. The van der Waals surface area contributed by atoms with Crippen molar-refractivity contribution in [2.45, 2.75) is 19.3 Å². The predicted octanol–water partition coefficient (Wildman–Crippen LogP) is 2.44. The molecule has 100 valence electrons. The van der Waals surface area contributed by atoms with Crippen LogP contribution in [0.3, 0.4) is 0 Å². The van der Waals surface area contributed by atoms with Gasteiger partial charge in [0.2, 0.25) is 0 Å². The Balaban J connectivity index is 2.09. The maximum Gasteiger partial charge on any atom is 0.269 e. The number of nitriles is 2. The Morgan fingerprint density at radius 2 is 1.95 bits per heavy atom. The molecule has 5 nitrogen and oxygen atoms in total. The Morgan fingerprint density at radius 3 is 2.45 bits per heavy atom. The summed E-state index contributed by atoms with van der Waals surface area (Å²) in [5.74, 6) is -0.774. The minimum Gasteiger partial charge on any atom is -0.510 e. The summed E-state index contributed by atoms with van der Waals surface area (Å²) in [6.45, 7) is 0. The molecule has 1 aliphatic carbocycles. The van der Waals surface area contributed by atoms with E-state index in [2.05, 4.69) is 5.32 Å². The van der Waals surface area contributed by atoms with Gasteiger partial charge in [-0.25, -0.2) is 0 Å². The van der Waals surface area contributed by atoms with Gasteiger partial charge in [-0.3, -0.25) is 4.79 Å². The topological polar surface area (TPSA) is 96.9 Å². The highest BCUT2D eigenvalue weighted by atomic mass is 16.3. The van der Waals surface area contributed by atoms with Gasteiger partial charge in [0, 0.05) is 11.6 Å². The molecule has 0 radical (unpaired) electrons. The summed E-state index contributed by atoms with van der Waals surface area (Å²) in [4.78, 5) is 11.9. The molecule has 0 heterocycles. The average molecular weight is 267 g/mol. The molecular weight excluding hydrogens is 254 g/mol. The molecule has 5 heteroatoms. The quantitative estimate of drug-likeness (QED) is 0.497. The molecule has 1 fully saturated rings. The number of benzene rings is 1. The van der Waals surface area contributed by atoms with Crippen molar-refractivity contribution in [3.8, 4) is 12.1 Å². The number of amides is 1. The number of rotatable bonds is 4. The van der Waals surface area contributed by atoms with Crippen molar-refractivity contribution in [3.05, 3.63) is 41.2 Å². The Bertz CT molecular complexity index is 629. The lowest BCUT2D eigenvalue weighted by Crippen LogP contribution is -2.15. The number of aliphatic hydroxyl groups is 1. The Labute approximate surface area is 116 Å². The molecule has 0 aromatic heterocycles. The molecule has 1 amide bonds. The second kappa shape index (κ2) is 5.90. The molecule has 0 atom stereocenters. The lowest BCUT2D eigenvalue weighted by molar-refractivity contribution is -0.112. The fraction of sp³-hybridized carbons (Fsp3) is 0.267. The highest BCUT2D eigenvalue weighted by molar-refractivity contribution is 6.06. The first kappa shape index (κ1) is 13.6. The molecule has 2 N–H and O–H groups in total. The van der Waals surface area contributed by atoms with Gasteiger partial charge in [0.05, 0.1) is 12.5 Å². The molecular formula is C15H13N3O2. The van der Waals surface area contributed by atoms with Crippen LogP contribution in [0.5, 0.6) is 0 Å². The van der Waals surface area contributed by atoms with Gasteiger partial charge in [-0.1, -0.05) is 12.1 Å². The Hall–Kier alpha value is -2.79. The summed E-state index contributed by atoms with van der Waals surface area (Å²) >= 11 is 0. The zero-order valence-electron chi connectivity index (χ0n) is 10.8. The Morgan fingerprint density at radius 1 is 1.30 bits per heavy atom. The maximum absolute atomic E-state index is 11.9. The highest BCUT2D eigenvalue weighted by Gasteiger charge is 2.30. The van der Waals surface area contributed by atoms with Crippen LogP contribution in [0.15, 0.2) is 35.6 Å². The van der Waals surface area contributed by atoms with Crippen LogP contribution >= 0.6 is 0 Å². The van der Waals surface area contributed by atoms with Gasteiger partial charge < -0.3 is 10.4 Å². The van der Waals surface area contributed by atoms with Crippen molar-refractivity contribution in [2.75, 3.05) is 5.32 Å². The van der Waals surface area contributed by atoms with E-state index in [4.69, 9.17) is 10.5 Å². The van der Waals surface area contributed by atoms with Crippen molar-refractivity contribution in [1.29, 1.82) is 10.5 Å². The van der Waals surface area contributed by atoms with Crippen LogP contribution in [-0.2, 0) is 11.2 Å². The van der Waals surface area contributed by atoms with Gasteiger partial charge in [-0.05, 0) is 30.5 Å². The first-order chi connectivity index (χ1) is 9.65. The van der Waals surface area contributed by atoms with Crippen LogP contribution in [-0.4, -0.2) is 11.0 Å². The first-order valence-electron chi connectivity index (χ1n) is 6.26. The van der Waals surface area contributed by atoms with Gasteiger partial charge in [0.1, 0.15) is 11.8 Å². The molecule has 0 spiro atoms. The third-order valence-corrected chi connectivity index (χ3v) is 3.05. The van der Waals surface area contributed by atoms with E-state index in [1.807, 2.05) is 6.07 Å². The second-order valence-corrected chi connectivity index (χ2v) is 4.63. The van der Waals surface area contributed by atoms with Crippen LogP contribution in [0.1, 0.15) is 18.4 Å². The molecule has 1 saturated carbocycles. The maximum atomic E-state index is 11.9. The van der Waals surface area contributed by atoms with Crippen LogP contribution in [0.25, 0.3) is 0 Å². The molecule has 0 aliphatic heterocycles. The molecule has 0 saturated heterocycles. The summed E-state index contributed by atoms with van der Waals surface area (Å²) in [5.41, 5.74) is 1.14. The standard InChI is InChI=1S/C15H13N3O2/c16-8-7-10-1-5-12(6-2-10)18-15(20)13(9-17)14(19)11-3-4-11/h1-2,5-6,11,19H,3-4,7H2,(H,18,20)/b14-13-. The third-order valence-electron chi connectivity index (χ3n) is 3.05. The smallest absolute Gasteiger partial charge is 0.269 e. The fourth-order valence-corrected chi connectivity index (χ4v) is 1.78. The number of hydrogen-bond donors (Lipinski definition) is 2. The SMILES string of the molecule is N#CCc1ccc(NC(=O)/C(C#N)=C(\O)C2CC2)cc1. The molecule has 1 aromatic carbocycles. The minimum absolute atomic E-state index is 0.0478. The van der Waals surface area contributed by atoms with E-state index >= 15 is 0 Å². The van der Waals surface area contributed by atoms with Crippen LogP contribution in [0, 0.1) is 28.6 Å². The van der Waals surface area contributed by atoms with Gasteiger partial charge in [-0.2, -0.15) is 10.5 Å². The summed E-state index contributed by atoms with van der Waals surface area (Å²) in [6, 6.07) is 10.6. The van der Waals surface area contributed by atoms with Crippen molar-refractivity contribution < 1.29 is 9.90 Å². The number of hydrogen-bond acceptors (Lipinski definition) is 4. The lowest BCUT2D eigenvalue weighted by atomic mass is 10.1. The largest absolute Gasteiger partial charge is 0.510 e. The normalized spacial score (nSPS) is 14.7. The monoisotopic (exact) mass is 267 g/mol. The zero-order chi connectivity index (χ0) is 14.5. The van der Waals surface area contributed by atoms with E-state index in [-0.39, 0.29) is 17.3 Å². The number of nitrogens with zero attached hydrogens (tertiary/aromatic N) is 2. The van der Waals surface area contributed by atoms with Crippen molar-refractivity contribution in [1.82, 2.24) is 0 Å². The molecule has 20 heavy (non-hydrogen) atoms. The number of anilines is 1. The van der Waals surface area contributed by atoms with Gasteiger partial charge in [0.25, 0.3) is 5.91 Å². The number of carbonyl (C=O) groups is 1. The van der Waals surface area contributed by atoms with Crippen molar-refractivity contribution in [3.63, 3.8) is 0 Å². The van der Waals surface area contributed by atoms with Crippen LogP contribution < -0.4 is 5.32 Å². The van der Waals surface area contributed by atoms with Gasteiger partial charge in [-0.15, -0.1) is 0 Å². The second-order valence-electron chi connectivity index (χ2n) is 4.63. The number of allylic oxidation sites excluding steroid dienone is 1. The minimum atomic E-state index is -0.607. The third kappa shape index (κ3) is 3.15. The van der Waals surface area contributed by atoms with E-state index in [1.54, 1.807) is 30.3 Å². The number of carbonyl (C=O) groups excluding carboxylic acids is 1. The average Bonchev–Trinajstić information content (AvgIpc) is 3.26. The van der Waals surface area contributed by atoms with E-state index in [0.717, 1.165) is 18.4 Å². The summed E-state index contributed by atoms with van der Waals surface area (Å²) < 4.78 is 0. The van der Waals surface area contributed by atoms with Crippen molar-refractivity contribution in [2.24, 2.45) is 5.92 Å². The molecule has 1 aromatic rings. The van der Waals surface area contributed by atoms with E-state index in [0.29, 0.717) is 12.1 Å². The zero-order valence-corrected chi connectivity index (χ0v) is 10.8. The van der Waals surface area contributed by atoms with Gasteiger partial charge in [0.15, 0.2) is 5.57 Å².